The van der Waals surface area contributed by atoms with Gasteiger partial charge in [0.2, 0.25) is 0 Å². The van der Waals surface area contributed by atoms with Crippen LogP contribution in [0.15, 0.2) is 71.6 Å². The van der Waals surface area contributed by atoms with Gasteiger partial charge < -0.3 is 23.8 Å². The molecule has 0 N–H and O–H groups in total. The molecule has 0 fully saturated rings. The van der Waals surface area contributed by atoms with Crippen molar-refractivity contribution in [1.82, 2.24) is 4.90 Å². The van der Waals surface area contributed by atoms with Crippen LogP contribution >= 0.6 is 0 Å². The Morgan fingerprint density at radius 1 is 0.771 bits per heavy atom. The Labute approximate surface area is 209 Å². The van der Waals surface area contributed by atoms with Gasteiger partial charge in [-0.1, -0.05) is 13.8 Å². The van der Waals surface area contributed by atoms with Crippen LogP contribution in [0.5, 0.6) is 23.0 Å². The van der Waals surface area contributed by atoms with Crippen molar-refractivity contribution in [3.8, 4) is 23.0 Å². The summed E-state index contributed by atoms with van der Waals surface area (Å²) in [7, 11) is 1.80. The third-order valence-electron chi connectivity index (χ3n) is 5.99. The van der Waals surface area contributed by atoms with E-state index >= 15 is 0 Å². The lowest BCUT2D eigenvalue weighted by Crippen LogP contribution is -2.27. The summed E-state index contributed by atoms with van der Waals surface area (Å²) in [6.45, 7) is 7.82. The summed E-state index contributed by atoms with van der Waals surface area (Å²) < 4.78 is 36.4. The van der Waals surface area contributed by atoms with Crippen molar-refractivity contribution >= 4 is 21.5 Å². The number of hydrogen-bond acceptors (Lipinski definition) is 6. The zero-order valence-electron chi connectivity index (χ0n) is 20.6. The number of nitrogens with zero attached hydrogens (tertiary/aromatic N) is 1. The number of ether oxygens (including phenoxy) is 4. The molecule has 1 aliphatic rings. The molecule has 0 saturated heterocycles. The van der Waals surface area contributed by atoms with E-state index in [1.54, 1.807) is 20.3 Å². The topological polar surface area (TPSA) is 57.2 Å². The SMILES string of the molecule is CCN(CC)CCOc1ccc(OC2=C(c3ccc(OC)cc3)S(=O)c3cc(OC)ccc32)cc1. The molecule has 35 heavy (non-hydrogen) atoms. The zero-order valence-corrected chi connectivity index (χ0v) is 21.4. The maximum atomic E-state index is 13.6. The molecule has 0 aromatic heterocycles. The van der Waals surface area contributed by atoms with E-state index in [4.69, 9.17) is 18.9 Å². The molecule has 3 aromatic carbocycles. The average molecular weight is 494 g/mol. The molecular formula is C28H31NO5S. The van der Waals surface area contributed by atoms with Crippen molar-refractivity contribution in [2.24, 2.45) is 0 Å². The van der Waals surface area contributed by atoms with E-state index in [0.717, 1.165) is 42.3 Å². The minimum absolute atomic E-state index is 0.571. The second-order valence-electron chi connectivity index (χ2n) is 7.97. The Kier molecular flexibility index (Phi) is 8.10. The Morgan fingerprint density at radius 2 is 1.37 bits per heavy atom. The smallest absolute Gasteiger partial charge is 0.152 e. The van der Waals surface area contributed by atoms with Crippen LogP contribution in [0, 0.1) is 0 Å². The van der Waals surface area contributed by atoms with Gasteiger partial charge in [0.1, 0.15) is 29.6 Å². The molecule has 1 aliphatic heterocycles. The molecule has 184 valence electrons. The highest BCUT2D eigenvalue weighted by Crippen LogP contribution is 2.44. The lowest BCUT2D eigenvalue weighted by atomic mass is 10.1. The Bertz CT molecular complexity index is 1200. The molecule has 3 aromatic rings. The third kappa shape index (κ3) is 5.52. The fourth-order valence-electron chi connectivity index (χ4n) is 3.92. The molecule has 0 aliphatic carbocycles. The van der Waals surface area contributed by atoms with Gasteiger partial charge in [-0.2, -0.15) is 0 Å². The van der Waals surface area contributed by atoms with E-state index in [-0.39, 0.29) is 0 Å². The van der Waals surface area contributed by atoms with Gasteiger partial charge in [0.25, 0.3) is 0 Å². The van der Waals surface area contributed by atoms with Gasteiger partial charge >= 0.3 is 0 Å². The monoisotopic (exact) mass is 493 g/mol. The molecule has 0 bridgehead atoms. The molecule has 4 rings (SSSR count). The van der Waals surface area contributed by atoms with E-state index in [0.29, 0.717) is 33.7 Å². The highest BCUT2D eigenvalue weighted by Gasteiger charge is 2.32. The molecule has 1 atom stereocenters. The van der Waals surface area contributed by atoms with Crippen LogP contribution < -0.4 is 18.9 Å². The van der Waals surface area contributed by atoms with Crippen LogP contribution in [-0.2, 0) is 10.8 Å². The summed E-state index contributed by atoms with van der Waals surface area (Å²) in [5.41, 5.74) is 1.60. The fraction of sp³-hybridized carbons (Fsp3) is 0.286. The first-order valence-corrected chi connectivity index (χ1v) is 12.8. The molecule has 0 spiro atoms. The van der Waals surface area contributed by atoms with Gasteiger partial charge in [0.15, 0.2) is 5.76 Å². The minimum Gasteiger partial charge on any atom is -0.497 e. The third-order valence-corrected chi connectivity index (χ3v) is 7.52. The molecule has 1 unspecified atom stereocenters. The summed E-state index contributed by atoms with van der Waals surface area (Å²) in [6, 6.07) is 20.6. The van der Waals surface area contributed by atoms with E-state index in [1.165, 1.54) is 0 Å². The first-order chi connectivity index (χ1) is 17.1. The van der Waals surface area contributed by atoms with Crippen LogP contribution in [0.3, 0.4) is 0 Å². The molecule has 6 nitrogen and oxygen atoms in total. The highest BCUT2D eigenvalue weighted by molar-refractivity contribution is 7.95. The predicted octanol–water partition coefficient (Wildman–Crippen LogP) is 5.45. The fourth-order valence-corrected chi connectivity index (χ4v) is 5.40. The summed E-state index contributed by atoms with van der Waals surface area (Å²) in [6.07, 6.45) is 0. The lowest BCUT2D eigenvalue weighted by molar-refractivity contribution is 0.222. The van der Waals surface area contributed by atoms with Crippen LogP contribution in [0.2, 0.25) is 0 Å². The second-order valence-corrected chi connectivity index (χ2v) is 9.35. The van der Waals surface area contributed by atoms with Crippen molar-refractivity contribution in [2.45, 2.75) is 18.7 Å². The van der Waals surface area contributed by atoms with Crippen molar-refractivity contribution in [3.63, 3.8) is 0 Å². The van der Waals surface area contributed by atoms with Gasteiger partial charge in [-0.25, -0.2) is 4.21 Å². The van der Waals surface area contributed by atoms with Gasteiger partial charge in [0, 0.05) is 12.1 Å². The summed E-state index contributed by atoms with van der Waals surface area (Å²) in [5.74, 6) is 3.38. The number of hydrogen-bond donors (Lipinski definition) is 0. The first-order valence-electron chi connectivity index (χ1n) is 11.7. The molecule has 1 heterocycles. The normalized spacial score (nSPS) is 14.7. The van der Waals surface area contributed by atoms with E-state index in [2.05, 4.69) is 18.7 Å². The minimum atomic E-state index is -1.42. The Hall–Kier alpha value is -3.29. The number of methoxy groups -OCH3 is 2. The summed E-state index contributed by atoms with van der Waals surface area (Å²) in [4.78, 5) is 3.61. The largest absolute Gasteiger partial charge is 0.497 e. The van der Waals surface area contributed by atoms with Crippen LogP contribution in [0.25, 0.3) is 10.7 Å². The molecule has 7 heteroatoms. The standard InChI is InChI=1S/C28H31NO5S/c1-5-29(6-2)17-18-33-22-11-13-23(14-12-22)34-27-25-16-15-24(32-4)19-26(25)35(30)28(27)20-7-9-21(31-3)10-8-20/h7-16,19H,5-6,17-18H2,1-4H3. The van der Waals surface area contributed by atoms with Gasteiger partial charge in [-0.3, -0.25) is 0 Å². The average Bonchev–Trinajstić information content (AvgIpc) is 3.18. The van der Waals surface area contributed by atoms with Crippen LogP contribution in [0.1, 0.15) is 25.0 Å². The van der Waals surface area contributed by atoms with Gasteiger partial charge in [-0.15, -0.1) is 0 Å². The summed E-state index contributed by atoms with van der Waals surface area (Å²) in [5, 5.41) is 0. The lowest BCUT2D eigenvalue weighted by Gasteiger charge is -2.18. The quantitative estimate of drug-likeness (QED) is 0.354. The van der Waals surface area contributed by atoms with E-state index in [9.17, 15) is 4.21 Å². The van der Waals surface area contributed by atoms with Gasteiger partial charge in [0.05, 0.1) is 34.8 Å². The van der Waals surface area contributed by atoms with Crippen molar-refractivity contribution in [1.29, 1.82) is 0 Å². The van der Waals surface area contributed by atoms with Crippen molar-refractivity contribution in [3.05, 3.63) is 77.9 Å². The molecular weight excluding hydrogens is 462 g/mol. The second kappa shape index (κ2) is 11.4. The first kappa shape index (κ1) is 24.8. The van der Waals surface area contributed by atoms with E-state index in [1.807, 2.05) is 60.7 Å². The Balaban J connectivity index is 1.60. The molecule has 0 saturated carbocycles. The number of fused-ring (bicyclic) bond motifs is 1. The zero-order chi connectivity index (χ0) is 24.8. The maximum absolute atomic E-state index is 13.6. The maximum Gasteiger partial charge on any atom is 0.152 e. The predicted molar refractivity (Wildman–Crippen MR) is 140 cm³/mol. The highest BCUT2D eigenvalue weighted by atomic mass is 32.2. The van der Waals surface area contributed by atoms with Crippen LogP contribution in [0.4, 0.5) is 0 Å². The van der Waals surface area contributed by atoms with Crippen molar-refractivity contribution < 1.29 is 23.2 Å². The van der Waals surface area contributed by atoms with Gasteiger partial charge in [-0.05, 0) is 85.4 Å². The Morgan fingerprint density at radius 3 is 2.00 bits per heavy atom. The van der Waals surface area contributed by atoms with E-state index < -0.39 is 10.8 Å². The number of benzene rings is 3. The number of likely N-dealkylation sites (N-methyl/N-ethyl adjacent to an activating group) is 1. The van der Waals surface area contributed by atoms with Crippen LogP contribution in [-0.4, -0.2) is 49.6 Å². The molecule has 0 amide bonds. The number of rotatable bonds is 11. The van der Waals surface area contributed by atoms with Crippen molar-refractivity contribution in [2.75, 3.05) is 40.5 Å². The summed E-state index contributed by atoms with van der Waals surface area (Å²) >= 11 is 0. The molecule has 0 radical (unpaired) electrons.